The maximum Gasteiger partial charge on any atom is 0.435 e. The molecule has 0 bridgehead atoms. The second kappa shape index (κ2) is 10.7. The summed E-state index contributed by atoms with van der Waals surface area (Å²) in [5.74, 6) is -1.48. The molecule has 41 heavy (non-hydrogen) atoms. The van der Waals surface area contributed by atoms with Gasteiger partial charge in [-0.05, 0) is 54.4 Å². The van der Waals surface area contributed by atoms with E-state index in [1.54, 1.807) is 36.1 Å². The highest BCUT2D eigenvalue weighted by Crippen LogP contribution is 2.50. The molecule has 1 unspecified atom stereocenters. The Balaban J connectivity index is 1.27. The molecule has 2 N–H and O–H groups in total. The summed E-state index contributed by atoms with van der Waals surface area (Å²) >= 11 is 12.7. The van der Waals surface area contributed by atoms with E-state index in [4.69, 9.17) is 32.8 Å². The number of halogens is 6. The number of ether oxygens (including phenoxy) is 1. The van der Waals surface area contributed by atoms with Gasteiger partial charge in [0.1, 0.15) is 11.6 Å². The number of carbonyl (C=O) groups excluding carboxylic acids is 2. The Morgan fingerprint density at radius 3 is 2.32 bits per heavy atom. The van der Waals surface area contributed by atoms with Crippen LogP contribution in [-0.2, 0) is 23.5 Å². The summed E-state index contributed by atoms with van der Waals surface area (Å²) in [4.78, 5) is 32.9. The van der Waals surface area contributed by atoms with E-state index in [1.165, 1.54) is 7.11 Å². The van der Waals surface area contributed by atoms with E-state index < -0.39 is 51.4 Å². The number of rotatable bonds is 4. The van der Waals surface area contributed by atoms with Crippen LogP contribution >= 0.6 is 34.5 Å². The molecular formula is C26H20Cl2F4N4O4S. The fourth-order valence-corrected chi connectivity index (χ4v) is 6.31. The zero-order chi connectivity index (χ0) is 29.7. The lowest BCUT2D eigenvalue weighted by atomic mass is 9.89. The average Bonchev–Trinajstić information content (AvgIpc) is 3.64. The van der Waals surface area contributed by atoms with Gasteiger partial charge in [-0.15, -0.1) is 11.3 Å². The van der Waals surface area contributed by atoms with Crippen molar-refractivity contribution in [1.82, 2.24) is 15.8 Å². The number of nitrogens with one attached hydrogen (secondary N) is 2. The van der Waals surface area contributed by atoms with E-state index in [0.717, 1.165) is 33.9 Å². The monoisotopic (exact) mass is 630 g/mol. The van der Waals surface area contributed by atoms with Crippen molar-refractivity contribution < 1.29 is 36.7 Å². The molecule has 8 nitrogen and oxygen atoms in total. The van der Waals surface area contributed by atoms with Crippen molar-refractivity contribution in [2.45, 2.75) is 38.2 Å². The molecule has 0 spiro atoms. The summed E-state index contributed by atoms with van der Waals surface area (Å²) in [5, 5.41) is 2.60. The van der Waals surface area contributed by atoms with Crippen LogP contribution in [-0.4, -0.2) is 35.8 Å². The topological polar surface area (TPSA) is 92.3 Å². The highest BCUT2D eigenvalue weighted by Gasteiger charge is 2.63. The van der Waals surface area contributed by atoms with Crippen LogP contribution in [0.15, 0.2) is 41.6 Å². The van der Waals surface area contributed by atoms with Crippen LogP contribution in [0.4, 0.5) is 17.6 Å². The molecule has 2 aliphatic rings. The van der Waals surface area contributed by atoms with Crippen LogP contribution < -0.4 is 15.6 Å². The molecule has 2 amide bonds. The number of benzene rings is 2. The molecule has 15 heteroatoms. The fraction of sp³-hybridized carbons (Fsp3) is 0.269. The Morgan fingerprint density at radius 1 is 1.10 bits per heavy atom. The number of hydrazine groups is 1. The molecule has 0 aliphatic carbocycles. The van der Waals surface area contributed by atoms with Gasteiger partial charge in [0.05, 0.1) is 35.0 Å². The minimum atomic E-state index is -4.93. The minimum absolute atomic E-state index is 0.0273. The number of hydrogen-bond acceptors (Lipinski definition) is 7. The third-order valence-corrected chi connectivity index (χ3v) is 8.74. The smallest absolute Gasteiger partial charge is 0.435 e. The van der Waals surface area contributed by atoms with Crippen molar-refractivity contribution >= 4 is 52.2 Å². The van der Waals surface area contributed by atoms with Crippen molar-refractivity contribution in [3.8, 4) is 5.75 Å². The SMILES string of the molecule is COc1ccc(C(=O)NNC(=O)c2sc3c(c2C)CN(C2=NOC(c4cc(Cl)c(F)c(Cl)c4)(C(F)(F)F)C2)C3)cc1. The summed E-state index contributed by atoms with van der Waals surface area (Å²) in [6.45, 7) is 2.09. The van der Waals surface area contributed by atoms with Gasteiger partial charge in [0, 0.05) is 22.5 Å². The number of carbonyl (C=O) groups is 2. The Bertz CT molecular complexity index is 1560. The summed E-state index contributed by atoms with van der Waals surface area (Å²) in [6, 6.07) is 7.97. The summed E-state index contributed by atoms with van der Waals surface area (Å²) < 4.78 is 62.0. The minimum Gasteiger partial charge on any atom is -0.497 e. The van der Waals surface area contributed by atoms with Crippen molar-refractivity contribution in [3.63, 3.8) is 0 Å². The fourth-order valence-electron chi connectivity index (χ4n) is 4.59. The van der Waals surface area contributed by atoms with Crippen LogP contribution in [0.25, 0.3) is 0 Å². The van der Waals surface area contributed by atoms with Gasteiger partial charge >= 0.3 is 6.18 Å². The second-order valence-electron chi connectivity index (χ2n) is 9.30. The van der Waals surface area contributed by atoms with Gasteiger partial charge in [-0.2, -0.15) is 13.2 Å². The number of oxime groups is 1. The van der Waals surface area contributed by atoms with E-state index in [2.05, 4.69) is 16.0 Å². The highest BCUT2D eigenvalue weighted by atomic mass is 35.5. The van der Waals surface area contributed by atoms with Crippen LogP contribution in [0.2, 0.25) is 10.0 Å². The highest BCUT2D eigenvalue weighted by molar-refractivity contribution is 7.14. The molecule has 2 aliphatic heterocycles. The molecule has 0 saturated carbocycles. The molecule has 0 fully saturated rings. The molecule has 3 heterocycles. The molecule has 0 saturated heterocycles. The van der Waals surface area contributed by atoms with Crippen molar-refractivity contribution in [2.75, 3.05) is 7.11 Å². The number of thiophene rings is 1. The van der Waals surface area contributed by atoms with Gasteiger partial charge in [-0.25, -0.2) is 4.39 Å². The second-order valence-corrected chi connectivity index (χ2v) is 11.2. The zero-order valence-corrected chi connectivity index (χ0v) is 23.6. The first-order valence-corrected chi connectivity index (χ1v) is 13.5. The summed E-state index contributed by atoms with van der Waals surface area (Å²) in [7, 11) is 1.50. The first-order valence-electron chi connectivity index (χ1n) is 11.9. The Hall–Kier alpha value is -3.55. The molecule has 216 valence electrons. The molecule has 1 aromatic heterocycles. The number of amides is 2. The molecule has 0 radical (unpaired) electrons. The lowest BCUT2D eigenvalue weighted by molar-refractivity contribution is -0.275. The van der Waals surface area contributed by atoms with Gasteiger partial charge in [-0.1, -0.05) is 28.4 Å². The Morgan fingerprint density at radius 2 is 1.73 bits per heavy atom. The number of alkyl halides is 3. The first kappa shape index (κ1) is 29.0. The van der Waals surface area contributed by atoms with E-state index in [-0.39, 0.29) is 18.9 Å². The zero-order valence-electron chi connectivity index (χ0n) is 21.3. The third-order valence-electron chi connectivity index (χ3n) is 6.87. The average molecular weight is 631 g/mol. The van der Waals surface area contributed by atoms with Crippen LogP contribution in [0.5, 0.6) is 5.75 Å². The van der Waals surface area contributed by atoms with E-state index >= 15 is 0 Å². The largest absolute Gasteiger partial charge is 0.497 e. The van der Waals surface area contributed by atoms with Gasteiger partial charge < -0.3 is 14.5 Å². The van der Waals surface area contributed by atoms with Crippen LogP contribution in [0.1, 0.15) is 48.0 Å². The first-order chi connectivity index (χ1) is 19.3. The van der Waals surface area contributed by atoms with Crippen molar-refractivity contribution in [1.29, 1.82) is 0 Å². The van der Waals surface area contributed by atoms with Gasteiger partial charge in [0.15, 0.2) is 5.82 Å². The van der Waals surface area contributed by atoms with Gasteiger partial charge in [-0.3, -0.25) is 20.4 Å². The lowest BCUT2D eigenvalue weighted by Crippen LogP contribution is -2.44. The van der Waals surface area contributed by atoms with Crippen LogP contribution in [0.3, 0.4) is 0 Å². The number of hydrogen-bond donors (Lipinski definition) is 2. The maximum atomic E-state index is 14.3. The third kappa shape index (κ3) is 5.17. The normalized spacial score (nSPS) is 18.0. The molecule has 3 aromatic rings. The predicted molar refractivity (Wildman–Crippen MR) is 144 cm³/mol. The number of nitrogens with zero attached hydrogens (tertiary/aromatic N) is 2. The van der Waals surface area contributed by atoms with Crippen LogP contribution in [0, 0.1) is 12.7 Å². The van der Waals surface area contributed by atoms with E-state index in [9.17, 15) is 27.2 Å². The Kier molecular flexibility index (Phi) is 7.55. The standard InChI is InChI=1S/C26H20Cl2F4N4O4S/c1-12-16-10-36(20-9-25(40-35-20,26(30,31)32)14-7-17(27)21(29)18(28)8-14)11-19(16)41-22(12)24(38)34-33-23(37)13-3-5-15(39-2)6-4-13/h3-8H,9-11H2,1-2H3,(H,33,37)(H,34,38). The van der Waals surface area contributed by atoms with Crippen molar-refractivity contribution in [3.05, 3.63) is 84.3 Å². The number of methoxy groups -OCH3 is 1. The summed E-state index contributed by atoms with van der Waals surface area (Å²) in [6.07, 6.45) is -5.61. The Labute approximate surface area is 244 Å². The molecular weight excluding hydrogens is 611 g/mol. The van der Waals surface area contributed by atoms with E-state index in [0.29, 0.717) is 21.8 Å². The van der Waals surface area contributed by atoms with E-state index in [1.807, 2.05) is 0 Å². The molecule has 5 rings (SSSR count). The van der Waals surface area contributed by atoms with Gasteiger partial charge in [0.25, 0.3) is 17.4 Å². The predicted octanol–water partition coefficient (Wildman–Crippen LogP) is 6.09. The molecule has 2 aromatic carbocycles. The van der Waals surface area contributed by atoms with Gasteiger partial charge in [0.2, 0.25) is 0 Å². The lowest BCUT2D eigenvalue weighted by Gasteiger charge is -2.30. The number of amidine groups is 1. The van der Waals surface area contributed by atoms with Crippen molar-refractivity contribution in [2.24, 2.45) is 5.16 Å². The maximum absolute atomic E-state index is 14.3. The summed E-state index contributed by atoms with van der Waals surface area (Å²) in [5.41, 5.74) is 3.09. The molecule has 1 atom stereocenters. The quantitative estimate of drug-likeness (QED) is 0.207. The number of fused-ring (bicyclic) bond motifs is 1.